The summed E-state index contributed by atoms with van der Waals surface area (Å²) in [4.78, 5) is 15.2. The SMILES string of the molecule is O=C(OCc1ccccc1)C(CC1CCC1)N1CCC(c2cccc(F)c2)C1. The standard InChI is InChI=1S/C24H28FNO2/c25-22-11-5-10-20(15-22)21-12-13-26(16-21)23(14-18-8-4-9-18)24(27)28-17-19-6-2-1-3-7-19/h1-3,5-7,10-11,15,18,21,23H,4,8-9,12-14,16-17H2. The van der Waals surface area contributed by atoms with Crippen LogP contribution in [-0.4, -0.2) is 30.0 Å². The summed E-state index contributed by atoms with van der Waals surface area (Å²) in [6, 6.07) is 16.5. The van der Waals surface area contributed by atoms with Gasteiger partial charge < -0.3 is 4.74 Å². The van der Waals surface area contributed by atoms with Crippen LogP contribution in [0.2, 0.25) is 0 Å². The molecule has 2 aromatic rings. The van der Waals surface area contributed by atoms with Crippen molar-refractivity contribution in [1.29, 1.82) is 0 Å². The predicted molar refractivity (Wildman–Crippen MR) is 107 cm³/mol. The first-order chi connectivity index (χ1) is 13.7. The average Bonchev–Trinajstić information content (AvgIpc) is 3.16. The summed E-state index contributed by atoms with van der Waals surface area (Å²) in [6.45, 7) is 1.97. The molecule has 1 saturated heterocycles. The summed E-state index contributed by atoms with van der Waals surface area (Å²) in [7, 11) is 0. The molecule has 1 aliphatic carbocycles. The summed E-state index contributed by atoms with van der Waals surface area (Å²) >= 11 is 0. The van der Waals surface area contributed by atoms with Crippen molar-refractivity contribution in [2.75, 3.05) is 13.1 Å². The Balaban J connectivity index is 1.41. The third kappa shape index (κ3) is 4.61. The maximum Gasteiger partial charge on any atom is 0.323 e. The van der Waals surface area contributed by atoms with Crippen LogP contribution in [0.4, 0.5) is 4.39 Å². The van der Waals surface area contributed by atoms with E-state index in [0.717, 1.165) is 37.1 Å². The average molecular weight is 381 g/mol. The lowest BCUT2D eigenvalue weighted by molar-refractivity contribution is -0.152. The number of hydrogen-bond acceptors (Lipinski definition) is 3. The fourth-order valence-electron chi connectivity index (χ4n) is 4.37. The molecule has 2 unspecified atom stereocenters. The molecule has 0 aromatic heterocycles. The van der Waals surface area contributed by atoms with Crippen LogP contribution in [0.3, 0.4) is 0 Å². The van der Waals surface area contributed by atoms with Crippen molar-refractivity contribution < 1.29 is 13.9 Å². The van der Waals surface area contributed by atoms with Gasteiger partial charge in [-0.15, -0.1) is 0 Å². The second-order valence-electron chi connectivity index (χ2n) is 8.18. The van der Waals surface area contributed by atoms with E-state index in [1.807, 2.05) is 36.4 Å². The molecule has 2 aliphatic rings. The molecule has 4 rings (SSSR count). The zero-order valence-corrected chi connectivity index (χ0v) is 16.2. The van der Waals surface area contributed by atoms with E-state index in [-0.39, 0.29) is 23.7 Å². The molecule has 2 aromatic carbocycles. The zero-order chi connectivity index (χ0) is 19.3. The molecular formula is C24H28FNO2. The van der Waals surface area contributed by atoms with Crippen LogP contribution in [-0.2, 0) is 16.1 Å². The monoisotopic (exact) mass is 381 g/mol. The predicted octanol–water partition coefficient (Wildman–Crippen LogP) is 4.92. The lowest BCUT2D eigenvalue weighted by Crippen LogP contribution is -2.42. The number of nitrogens with zero attached hydrogens (tertiary/aromatic N) is 1. The van der Waals surface area contributed by atoms with Crippen molar-refractivity contribution in [3.05, 3.63) is 71.5 Å². The molecule has 148 valence electrons. The van der Waals surface area contributed by atoms with Crippen LogP contribution in [0.25, 0.3) is 0 Å². The van der Waals surface area contributed by atoms with Crippen molar-refractivity contribution in [3.63, 3.8) is 0 Å². The number of carbonyl (C=O) groups excluding carboxylic acids is 1. The molecule has 0 radical (unpaired) electrons. The number of benzene rings is 2. The summed E-state index contributed by atoms with van der Waals surface area (Å²) in [5, 5.41) is 0. The van der Waals surface area contributed by atoms with Crippen molar-refractivity contribution >= 4 is 5.97 Å². The maximum atomic E-state index is 13.6. The molecule has 0 N–H and O–H groups in total. The number of carbonyl (C=O) groups is 1. The molecule has 2 atom stereocenters. The lowest BCUT2D eigenvalue weighted by Gasteiger charge is -2.33. The number of halogens is 1. The highest BCUT2D eigenvalue weighted by Gasteiger charge is 2.36. The summed E-state index contributed by atoms with van der Waals surface area (Å²) in [5.74, 6) is 0.601. The molecule has 1 saturated carbocycles. The van der Waals surface area contributed by atoms with Crippen LogP contribution in [0.15, 0.2) is 54.6 Å². The van der Waals surface area contributed by atoms with Gasteiger partial charge >= 0.3 is 5.97 Å². The third-order valence-corrected chi connectivity index (χ3v) is 6.26. The van der Waals surface area contributed by atoms with Gasteiger partial charge in [0.05, 0.1) is 0 Å². The summed E-state index contributed by atoms with van der Waals surface area (Å²) in [5.41, 5.74) is 2.04. The Hall–Kier alpha value is -2.20. The van der Waals surface area contributed by atoms with Gasteiger partial charge in [-0.3, -0.25) is 9.69 Å². The van der Waals surface area contributed by atoms with E-state index in [2.05, 4.69) is 4.90 Å². The van der Waals surface area contributed by atoms with Gasteiger partial charge in [0.15, 0.2) is 0 Å². The van der Waals surface area contributed by atoms with E-state index in [4.69, 9.17) is 4.74 Å². The van der Waals surface area contributed by atoms with E-state index in [1.54, 1.807) is 12.1 Å². The quantitative estimate of drug-likeness (QED) is 0.638. The van der Waals surface area contributed by atoms with Crippen LogP contribution >= 0.6 is 0 Å². The van der Waals surface area contributed by atoms with Crippen molar-refractivity contribution in [2.45, 2.75) is 50.7 Å². The molecule has 1 aliphatic heterocycles. The second-order valence-corrected chi connectivity index (χ2v) is 8.18. The second kappa shape index (κ2) is 8.87. The van der Waals surface area contributed by atoms with E-state index in [9.17, 15) is 9.18 Å². The Labute approximate surface area is 166 Å². The first kappa shape index (κ1) is 19.1. The van der Waals surface area contributed by atoms with E-state index < -0.39 is 0 Å². The van der Waals surface area contributed by atoms with Crippen LogP contribution < -0.4 is 0 Å². The topological polar surface area (TPSA) is 29.5 Å². The molecule has 2 fully saturated rings. The Morgan fingerprint density at radius 1 is 1.11 bits per heavy atom. The fraction of sp³-hybridized carbons (Fsp3) is 0.458. The largest absolute Gasteiger partial charge is 0.460 e. The number of esters is 1. The Kier molecular flexibility index (Phi) is 6.06. The van der Waals surface area contributed by atoms with Gasteiger partial charge in [0.2, 0.25) is 0 Å². The smallest absolute Gasteiger partial charge is 0.323 e. The number of hydrogen-bond donors (Lipinski definition) is 0. The molecule has 1 heterocycles. The van der Waals surface area contributed by atoms with Gasteiger partial charge in [0, 0.05) is 6.54 Å². The van der Waals surface area contributed by atoms with Crippen LogP contribution in [0.1, 0.15) is 49.1 Å². The van der Waals surface area contributed by atoms with Crippen molar-refractivity contribution in [1.82, 2.24) is 4.90 Å². The normalized spacial score (nSPS) is 21.2. The van der Waals surface area contributed by atoms with Crippen molar-refractivity contribution in [3.8, 4) is 0 Å². The highest BCUT2D eigenvalue weighted by molar-refractivity contribution is 5.76. The molecule has 28 heavy (non-hydrogen) atoms. The maximum absolute atomic E-state index is 13.6. The van der Waals surface area contributed by atoms with Gasteiger partial charge in [-0.05, 0) is 54.5 Å². The van der Waals surface area contributed by atoms with Crippen molar-refractivity contribution in [2.24, 2.45) is 5.92 Å². The summed E-state index contributed by atoms with van der Waals surface area (Å²) < 4.78 is 19.3. The first-order valence-corrected chi connectivity index (χ1v) is 10.4. The minimum absolute atomic E-state index is 0.115. The van der Waals surface area contributed by atoms with Gasteiger partial charge in [-0.1, -0.05) is 61.7 Å². The Bertz CT molecular complexity index is 790. The minimum Gasteiger partial charge on any atom is -0.460 e. The molecule has 0 bridgehead atoms. The van der Waals surface area contributed by atoms with E-state index in [0.29, 0.717) is 12.5 Å². The highest BCUT2D eigenvalue weighted by atomic mass is 19.1. The van der Waals surface area contributed by atoms with Gasteiger partial charge in [0.1, 0.15) is 18.5 Å². The highest BCUT2D eigenvalue weighted by Crippen LogP contribution is 2.35. The van der Waals surface area contributed by atoms with E-state index >= 15 is 0 Å². The number of rotatable bonds is 7. The number of ether oxygens (including phenoxy) is 1. The fourth-order valence-corrected chi connectivity index (χ4v) is 4.37. The minimum atomic E-state index is -0.191. The van der Waals surface area contributed by atoms with Crippen LogP contribution in [0.5, 0.6) is 0 Å². The zero-order valence-electron chi connectivity index (χ0n) is 16.2. The Morgan fingerprint density at radius 2 is 1.93 bits per heavy atom. The third-order valence-electron chi connectivity index (χ3n) is 6.26. The Morgan fingerprint density at radius 3 is 2.64 bits per heavy atom. The van der Waals surface area contributed by atoms with E-state index in [1.165, 1.54) is 25.3 Å². The first-order valence-electron chi connectivity index (χ1n) is 10.4. The van der Waals surface area contributed by atoms with Crippen LogP contribution in [0, 0.1) is 11.7 Å². The number of likely N-dealkylation sites (tertiary alicyclic amines) is 1. The summed E-state index contributed by atoms with van der Waals surface area (Å²) in [6.07, 6.45) is 5.52. The molecular weight excluding hydrogens is 353 g/mol. The molecule has 0 spiro atoms. The van der Waals surface area contributed by atoms with Gasteiger partial charge in [-0.2, -0.15) is 0 Å². The van der Waals surface area contributed by atoms with Gasteiger partial charge in [-0.25, -0.2) is 4.39 Å². The molecule has 4 heteroatoms. The molecule has 0 amide bonds. The lowest BCUT2D eigenvalue weighted by atomic mass is 9.80. The van der Waals surface area contributed by atoms with Gasteiger partial charge in [0.25, 0.3) is 0 Å². The molecule has 3 nitrogen and oxygen atoms in total.